The molecule has 1 saturated carbocycles. The minimum absolute atomic E-state index is 0.00478. The summed E-state index contributed by atoms with van der Waals surface area (Å²) in [6.45, 7) is 1.32. The molecule has 7 nitrogen and oxygen atoms in total. The van der Waals surface area contributed by atoms with E-state index in [1.165, 1.54) is 0 Å². The molecule has 1 fully saturated rings. The van der Waals surface area contributed by atoms with Crippen LogP contribution in [0.4, 0.5) is 11.5 Å². The van der Waals surface area contributed by atoms with Crippen LogP contribution < -0.4 is 5.32 Å². The van der Waals surface area contributed by atoms with Gasteiger partial charge in [0.1, 0.15) is 6.20 Å². The molecule has 8 heteroatoms. The third-order valence-electron chi connectivity index (χ3n) is 3.36. The Morgan fingerprint density at radius 2 is 2.37 bits per heavy atom. The smallest absolute Gasteiger partial charge is 0.329 e. The normalized spacial score (nSPS) is 16.1. The van der Waals surface area contributed by atoms with Crippen molar-refractivity contribution in [2.75, 3.05) is 25.6 Å². The van der Waals surface area contributed by atoms with Crippen LogP contribution in [0, 0.1) is 15.5 Å². The number of ether oxygens (including phenoxy) is 1. The summed E-state index contributed by atoms with van der Waals surface area (Å²) in [4.78, 5) is 17.8. The molecular formula is C11H15ClN4O3. The standard InChI is InChI=1S/C11H15ClN4O3/c1-19-5-4-11(2-3-11)7-14-9-8(16(17)18)6-13-10(12)15-9/h6H,2-5,7H2,1H3,(H,13,14,15). The van der Waals surface area contributed by atoms with Gasteiger partial charge in [0.25, 0.3) is 0 Å². The van der Waals surface area contributed by atoms with Crippen molar-refractivity contribution in [2.45, 2.75) is 19.3 Å². The highest BCUT2D eigenvalue weighted by Gasteiger charge is 2.42. The van der Waals surface area contributed by atoms with Gasteiger partial charge in [0.05, 0.1) is 4.92 Å². The van der Waals surface area contributed by atoms with Crippen molar-refractivity contribution in [3.8, 4) is 0 Å². The van der Waals surface area contributed by atoms with E-state index in [1.54, 1.807) is 7.11 Å². The third kappa shape index (κ3) is 3.51. The first-order valence-corrected chi connectivity index (χ1v) is 6.34. The van der Waals surface area contributed by atoms with Crippen LogP contribution in [0.15, 0.2) is 6.20 Å². The van der Waals surface area contributed by atoms with E-state index in [0.717, 1.165) is 25.5 Å². The molecule has 0 radical (unpaired) electrons. The van der Waals surface area contributed by atoms with Gasteiger partial charge in [-0.2, -0.15) is 4.98 Å². The fourth-order valence-corrected chi connectivity index (χ4v) is 2.03. The number of nitrogens with zero attached hydrogens (tertiary/aromatic N) is 3. The minimum atomic E-state index is -0.520. The summed E-state index contributed by atoms with van der Waals surface area (Å²) in [7, 11) is 1.67. The number of aromatic nitrogens is 2. The molecule has 0 unspecified atom stereocenters. The van der Waals surface area contributed by atoms with Crippen LogP contribution in [0.2, 0.25) is 5.28 Å². The monoisotopic (exact) mass is 286 g/mol. The van der Waals surface area contributed by atoms with E-state index in [9.17, 15) is 10.1 Å². The molecule has 0 bridgehead atoms. The predicted octanol–water partition coefficient (Wildman–Crippen LogP) is 2.27. The highest BCUT2D eigenvalue weighted by Crippen LogP contribution is 2.48. The SMILES string of the molecule is COCCC1(CNc2nc(Cl)ncc2[N+](=O)[O-])CC1. The zero-order valence-electron chi connectivity index (χ0n) is 10.6. The number of halogens is 1. The molecule has 1 aromatic heterocycles. The van der Waals surface area contributed by atoms with Gasteiger partial charge in [-0.1, -0.05) is 0 Å². The van der Waals surface area contributed by atoms with E-state index < -0.39 is 4.92 Å². The van der Waals surface area contributed by atoms with Crippen molar-refractivity contribution in [1.29, 1.82) is 0 Å². The fourth-order valence-electron chi connectivity index (χ4n) is 1.90. The van der Waals surface area contributed by atoms with Gasteiger partial charge in [0, 0.05) is 20.3 Å². The highest BCUT2D eigenvalue weighted by atomic mass is 35.5. The van der Waals surface area contributed by atoms with Crippen LogP contribution >= 0.6 is 11.6 Å². The maximum Gasteiger partial charge on any atom is 0.329 e. The van der Waals surface area contributed by atoms with Crippen LogP contribution in [0.25, 0.3) is 0 Å². The minimum Gasteiger partial charge on any atom is -0.385 e. The van der Waals surface area contributed by atoms with Crippen LogP contribution in [0.1, 0.15) is 19.3 Å². The average molecular weight is 287 g/mol. The summed E-state index contributed by atoms with van der Waals surface area (Å²) < 4.78 is 5.07. The summed E-state index contributed by atoms with van der Waals surface area (Å²) in [6.07, 6.45) is 4.24. The van der Waals surface area contributed by atoms with E-state index in [0.29, 0.717) is 13.2 Å². The number of nitro groups is 1. The number of nitrogens with one attached hydrogen (secondary N) is 1. The molecule has 1 aromatic rings. The molecule has 1 heterocycles. The van der Waals surface area contributed by atoms with Gasteiger partial charge in [-0.25, -0.2) is 4.98 Å². The lowest BCUT2D eigenvalue weighted by atomic mass is 10.0. The molecule has 0 amide bonds. The Bertz CT molecular complexity index is 479. The molecule has 1 aliphatic rings. The highest BCUT2D eigenvalue weighted by molar-refractivity contribution is 6.28. The Balaban J connectivity index is 2.03. The number of methoxy groups -OCH3 is 1. The average Bonchev–Trinajstić information content (AvgIpc) is 3.14. The van der Waals surface area contributed by atoms with Crippen LogP contribution in [-0.2, 0) is 4.74 Å². The molecule has 0 atom stereocenters. The summed E-state index contributed by atoms with van der Waals surface area (Å²) >= 11 is 5.67. The van der Waals surface area contributed by atoms with Gasteiger partial charge >= 0.3 is 5.69 Å². The molecule has 0 aliphatic heterocycles. The maximum absolute atomic E-state index is 10.9. The largest absolute Gasteiger partial charge is 0.385 e. The summed E-state index contributed by atoms with van der Waals surface area (Å²) in [5, 5.41) is 13.9. The van der Waals surface area contributed by atoms with Crippen molar-refractivity contribution in [1.82, 2.24) is 9.97 Å². The first-order valence-electron chi connectivity index (χ1n) is 5.96. The molecule has 0 spiro atoms. The number of hydrogen-bond donors (Lipinski definition) is 1. The fraction of sp³-hybridized carbons (Fsp3) is 0.636. The van der Waals surface area contributed by atoms with Crippen LogP contribution in [0.3, 0.4) is 0 Å². The van der Waals surface area contributed by atoms with E-state index in [1.807, 2.05) is 0 Å². The van der Waals surface area contributed by atoms with Gasteiger partial charge in [-0.05, 0) is 36.3 Å². The van der Waals surface area contributed by atoms with Crippen LogP contribution in [0.5, 0.6) is 0 Å². The zero-order chi connectivity index (χ0) is 13.9. The Morgan fingerprint density at radius 1 is 1.63 bits per heavy atom. The Labute approximate surface area is 115 Å². The molecule has 1 aliphatic carbocycles. The molecule has 0 aromatic carbocycles. The molecule has 1 N–H and O–H groups in total. The molecule has 0 saturated heterocycles. The second kappa shape index (κ2) is 5.66. The lowest BCUT2D eigenvalue weighted by molar-refractivity contribution is -0.384. The first kappa shape index (κ1) is 14.0. The van der Waals surface area contributed by atoms with Gasteiger partial charge in [-0.15, -0.1) is 0 Å². The summed E-state index contributed by atoms with van der Waals surface area (Å²) in [6, 6.07) is 0. The number of anilines is 1. The van der Waals surface area contributed by atoms with Crippen molar-refractivity contribution in [2.24, 2.45) is 5.41 Å². The topological polar surface area (TPSA) is 90.2 Å². The van der Waals surface area contributed by atoms with Gasteiger partial charge in [-0.3, -0.25) is 10.1 Å². The molecule has 104 valence electrons. The van der Waals surface area contributed by atoms with E-state index in [-0.39, 0.29) is 22.2 Å². The van der Waals surface area contributed by atoms with Crippen molar-refractivity contribution < 1.29 is 9.66 Å². The van der Waals surface area contributed by atoms with Crippen molar-refractivity contribution in [3.05, 3.63) is 21.6 Å². The maximum atomic E-state index is 10.9. The summed E-state index contributed by atoms with van der Waals surface area (Å²) in [5.41, 5.74) is 0.00772. The van der Waals surface area contributed by atoms with Gasteiger partial charge < -0.3 is 10.1 Å². The molecule has 19 heavy (non-hydrogen) atoms. The quantitative estimate of drug-likeness (QED) is 0.470. The second-order valence-corrected chi connectivity index (χ2v) is 5.06. The van der Waals surface area contributed by atoms with Crippen molar-refractivity contribution >= 4 is 23.1 Å². The Morgan fingerprint density at radius 3 is 2.95 bits per heavy atom. The third-order valence-corrected chi connectivity index (χ3v) is 3.54. The predicted molar refractivity (Wildman–Crippen MR) is 70.3 cm³/mol. The Kier molecular flexibility index (Phi) is 4.16. The Hall–Kier alpha value is -1.47. The lowest BCUT2D eigenvalue weighted by Gasteiger charge is -2.15. The van der Waals surface area contributed by atoms with Crippen LogP contribution in [-0.4, -0.2) is 35.2 Å². The van der Waals surface area contributed by atoms with Crippen molar-refractivity contribution in [3.63, 3.8) is 0 Å². The van der Waals surface area contributed by atoms with Gasteiger partial charge in [0.2, 0.25) is 11.1 Å². The van der Waals surface area contributed by atoms with E-state index >= 15 is 0 Å². The van der Waals surface area contributed by atoms with E-state index in [2.05, 4.69) is 15.3 Å². The summed E-state index contributed by atoms with van der Waals surface area (Å²) in [5.74, 6) is 0.175. The molecule has 2 rings (SSSR count). The zero-order valence-corrected chi connectivity index (χ0v) is 11.3. The number of rotatable bonds is 7. The molecular weight excluding hydrogens is 272 g/mol. The lowest BCUT2D eigenvalue weighted by Crippen LogP contribution is -2.18. The first-order chi connectivity index (χ1) is 9.06. The van der Waals surface area contributed by atoms with Gasteiger partial charge in [0.15, 0.2) is 0 Å². The van der Waals surface area contributed by atoms with E-state index in [4.69, 9.17) is 16.3 Å². The number of hydrogen-bond acceptors (Lipinski definition) is 6. The second-order valence-electron chi connectivity index (χ2n) is 4.73.